The maximum absolute atomic E-state index is 13.5. The van der Waals surface area contributed by atoms with Gasteiger partial charge in [-0.3, -0.25) is 4.79 Å². The normalized spacial score (nSPS) is 14.2. The van der Waals surface area contributed by atoms with E-state index in [1.807, 2.05) is 56.3 Å². The van der Waals surface area contributed by atoms with Gasteiger partial charge in [0, 0.05) is 23.0 Å². The number of benzene rings is 2. The van der Waals surface area contributed by atoms with Crippen molar-refractivity contribution >= 4 is 34.7 Å². The highest BCUT2D eigenvalue weighted by Crippen LogP contribution is 2.43. The van der Waals surface area contributed by atoms with E-state index in [0.29, 0.717) is 6.04 Å². The lowest BCUT2D eigenvalue weighted by Crippen LogP contribution is -2.20. The van der Waals surface area contributed by atoms with Gasteiger partial charge in [0.1, 0.15) is 11.1 Å². The molecule has 2 aromatic heterocycles. The molecule has 1 fully saturated rings. The molecule has 0 unspecified atom stereocenters. The van der Waals surface area contributed by atoms with E-state index in [2.05, 4.69) is 43.7 Å². The molecule has 0 saturated heterocycles. The number of anilines is 1. The third-order valence-corrected chi connectivity index (χ3v) is 7.70. The van der Waals surface area contributed by atoms with Crippen molar-refractivity contribution in [2.45, 2.75) is 49.6 Å². The van der Waals surface area contributed by atoms with Crippen LogP contribution in [0.2, 0.25) is 0 Å². The van der Waals surface area contributed by atoms with Gasteiger partial charge in [0.25, 0.3) is 0 Å². The van der Waals surface area contributed by atoms with Crippen molar-refractivity contribution in [1.82, 2.24) is 14.8 Å². The molecule has 1 saturated carbocycles. The highest BCUT2D eigenvalue weighted by molar-refractivity contribution is 8.00. The molecule has 1 N–H and O–H groups in total. The zero-order chi connectivity index (χ0) is 22.8. The summed E-state index contributed by atoms with van der Waals surface area (Å²) in [7, 11) is 0. The van der Waals surface area contributed by atoms with Crippen LogP contribution in [-0.4, -0.2) is 20.7 Å². The van der Waals surface area contributed by atoms with Crippen molar-refractivity contribution in [3.63, 3.8) is 0 Å². The van der Waals surface area contributed by atoms with Crippen LogP contribution in [-0.2, 0) is 11.2 Å². The molecule has 0 radical (unpaired) electrons. The molecule has 1 aliphatic rings. The molecular weight excluding hydrogens is 448 g/mol. The van der Waals surface area contributed by atoms with Crippen LogP contribution in [0.3, 0.4) is 0 Å². The Morgan fingerprint density at radius 3 is 2.52 bits per heavy atom. The third kappa shape index (κ3) is 5.20. The Labute approximate surface area is 202 Å². The molecule has 1 aliphatic carbocycles. The van der Waals surface area contributed by atoms with Crippen molar-refractivity contribution in [3.05, 3.63) is 93.4 Å². The Kier molecular flexibility index (Phi) is 6.33. The summed E-state index contributed by atoms with van der Waals surface area (Å²) in [6.07, 6.45) is 3.04. The van der Waals surface area contributed by atoms with Crippen LogP contribution in [0.4, 0.5) is 5.69 Å². The first-order valence-electron chi connectivity index (χ1n) is 11.1. The number of rotatable bonds is 8. The number of thioether (sulfide) groups is 1. The van der Waals surface area contributed by atoms with Crippen molar-refractivity contribution in [3.8, 4) is 0 Å². The summed E-state index contributed by atoms with van der Waals surface area (Å²) >= 11 is 3.22. The average molecular weight is 475 g/mol. The number of hydrogen-bond acceptors (Lipinski definition) is 5. The Hall–Kier alpha value is -2.90. The number of nitrogens with one attached hydrogen (secondary N) is 1. The summed E-state index contributed by atoms with van der Waals surface area (Å²) in [4.78, 5) is 14.8. The van der Waals surface area contributed by atoms with E-state index in [1.165, 1.54) is 16.6 Å². The van der Waals surface area contributed by atoms with Crippen LogP contribution in [0.5, 0.6) is 0 Å². The van der Waals surface area contributed by atoms with Crippen LogP contribution >= 0.6 is 23.1 Å². The van der Waals surface area contributed by atoms with Gasteiger partial charge in [0.15, 0.2) is 5.16 Å². The lowest BCUT2D eigenvalue weighted by Gasteiger charge is -2.18. The molecule has 0 spiro atoms. The van der Waals surface area contributed by atoms with Gasteiger partial charge in [-0.1, -0.05) is 54.2 Å². The maximum Gasteiger partial charge on any atom is 0.242 e. The summed E-state index contributed by atoms with van der Waals surface area (Å²) in [5.41, 5.74) is 4.03. The van der Waals surface area contributed by atoms with E-state index in [0.717, 1.165) is 52.6 Å². The standard InChI is InChI=1S/C26H26N4OS2/c1-17-13-18(2)15-20(14-17)27-25(31)24(19-7-4-3-5-8-19)33-26-29-28-23(30(26)21-10-11-21)16-22-9-6-12-32-22/h3-9,12-15,21,24H,10-11,16H2,1-2H3,(H,27,31)/t24-/m1/s1. The van der Waals surface area contributed by atoms with E-state index in [-0.39, 0.29) is 5.91 Å². The molecule has 5 nitrogen and oxygen atoms in total. The van der Waals surface area contributed by atoms with Gasteiger partial charge < -0.3 is 9.88 Å². The first kappa shape index (κ1) is 21.9. The predicted molar refractivity (Wildman–Crippen MR) is 135 cm³/mol. The predicted octanol–water partition coefficient (Wildman–Crippen LogP) is 6.35. The van der Waals surface area contributed by atoms with E-state index in [1.54, 1.807) is 11.3 Å². The zero-order valence-corrected chi connectivity index (χ0v) is 20.3. The van der Waals surface area contributed by atoms with Gasteiger partial charge in [0.05, 0.1) is 0 Å². The van der Waals surface area contributed by atoms with E-state index in [9.17, 15) is 4.79 Å². The smallest absolute Gasteiger partial charge is 0.242 e. The summed E-state index contributed by atoms with van der Waals surface area (Å²) < 4.78 is 2.25. The summed E-state index contributed by atoms with van der Waals surface area (Å²) in [5, 5.41) is 14.7. The zero-order valence-electron chi connectivity index (χ0n) is 18.7. The van der Waals surface area contributed by atoms with Gasteiger partial charge in [-0.05, 0) is 67.0 Å². The number of thiophene rings is 1. The SMILES string of the molecule is Cc1cc(C)cc(NC(=O)[C@H](Sc2nnc(Cc3cccs3)n2C2CC2)c2ccccc2)c1. The summed E-state index contributed by atoms with van der Waals surface area (Å²) in [5.74, 6) is 0.922. The summed E-state index contributed by atoms with van der Waals surface area (Å²) in [6, 6.07) is 20.7. The second kappa shape index (κ2) is 9.53. The second-order valence-corrected chi connectivity index (χ2v) is 10.6. The van der Waals surface area contributed by atoms with Gasteiger partial charge in [0.2, 0.25) is 5.91 Å². The summed E-state index contributed by atoms with van der Waals surface area (Å²) in [6.45, 7) is 4.08. The van der Waals surface area contributed by atoms with Gasteiger partial charge >= 0.3 is 0 Å². The Bertz CT molecular complexity index is 1230. The number of amides is 1. The van der Waals surface area contributed by atoms with Gasteiger partial charge in [-0.15, -0.1) is 21.5 Å². The second-order valence-electron chi connectivity index (χ2n) is 8.53. The molecule has 4 aromatic rings. The van der Waals surface area contributed by atoms with E-state index < -0.39 is 5.25 Å². The largest absolute Gasteiger partial charge is 0.325 e. The van der Waals surface area contributed by atoms with E-state index in [4.69, 9.17) is 0 Å². The number of hydrogen-bond donors (Lipinski definition) is 1. The Morgan fingerprint density at radius 2 is 1.85 bits per heavy atom. The Morgan fingerprint density at radius 1 is 1.09 bits per heavy atom. The molecule has 7 heteroatoms. The van der Waals surface area contributed by atoms with Crippen LogP contribution in [0.25, 0.3) is 0 Å². The number of carbonyl (C=O) groups excluding carboxylic acids is 1. The number of aromatic nitrogens is 3. The lowest BCUT2D eigenvalue weighted by molar-refractivity contribution is -0.115. The van der Waals surface area contributed by atoms with Crippen LogP contribution in [0.15, 0.2) is 71.2 Å². The highest BCUT2D eigenvalue weighted by Gasteiger charge is 2.32. The maximum atomic E-state index is 13.5. The first-order chi connectivity index (χ1) is 16.1. The molecule has 2 aromatic carbocycles. The number of carbonyl (C=O) groups is 1. The molecule has 2 heterocycles. The van der Waals surface area contributed by atoms with Crippen molar-refractivity contribution in [1.29, 1.82) is 0 Å². The number of nitrogens with zero attached hydrogens (tertiary/aromatic N) is 3. The minimum atomic E-state index is -0.427. The van der Waals surface area contributed by atoms with Crippen molar-refractivity contribution in [2.75, 3.05) is 5.32 Å². The number of aryl methyl sites for hydroxylation is 2. The molecule has 33 heavy (non-hydrogen) atoms. The fourth-order valence-corrected chi connectivity index (χ4v) is 5.87. The molecule has 0 bridgehead atoms. The lowest BCUT2D eigenvalue weighted by atomic mass is 10.1. The first-order valence-corrected chi connectivity index (χ1v) is 12.9. The van der Waals surface area contributed by atoms with Crippen LogP contribution < -0.4 is 5.32 Å². The van der Waals surface area contributed by atoms with Crippen LogP contribution in [0.1, 0.15) is 51.5 Å². The molecule has 1 amide bonds. The highest BCUT2D eigenvalue weighted by atomic mass is 32.2. The van der Waals surface area contributed by atoms with Crippen molar-refractivity contribution in [2.24, 2.45) is 0 Å². The molecule has 168 valence electrons. The minimum absolute atomic E-state index is 0.0543. The Balaban J connectivity index is 1.44. The van der Waals surface area contributed by atoms with Crippen LogP contribution in [0, 0.1) is 13.8 Å². The quantitative estimate of drug-likeness (QED) is 0.302. The van der Waals surface area contributed by atoms with Gasteiger partial charge in [-0.2, -0.15) is 0 Å². The van der Waals surface area contributed by atoms with Gasteiger partial charge in [-0.25, -0.2) is 0 Å². The molecule has 5 rings (SSSR count). The van der Waals surface area contributed by atoms with Crippen molar-refractivity contribution < 1.29 is 4.79 Å². The third-order valence-electron chi connectivity index (χ3n) is 5.61. The fourth-order valence-electron chi connectivity index (χ4n) is 4.04. The average Bonchev–Trinajstić information content (AvgIpc) is 3.34. The minimum Gasteiger partial charge on any atom is -0.325 e. The molecular formula is C26H26N4OS2. The van der Waals surface area contributed by atoms with E-state index >= 15 is 0 Å². The monoisotopic (exact) mass is 474 g/mol. The molecule has 0 aliphatic heterocycles. The topological polar surface area (TPSA) is 59.8 Å². The fraction of sp³-hybridized carbons (Fsp3) is 0.269. The molecule has 1 atom stereocenters.